The van der Waals surface area contributed by atoms with Gasteiger partial charge in [-0.1, -0.05) is 12.1 Å². The van der Waals surface area contributed by atoms with Crippen LogP contribution in [0.4, 0.5) is 0 Å². The third kappa shape index (κ3) is 3.68. The highest BCUT2D eigenvalue weighted by molar-refractivity contribution is 5.96. The second kappa shape index (κ2) is 5.85. The molecule has 0 saturated carbocycles. The Bertz CT molecular complexity index is 389. The number of Topliss-reactive ketones (excluding diaryl/α,β-unsaturated/α-hetero) is 1. The van der Waals surface area contributed by atoms with Gasteiger partial charge < -0.3 is 4.74 Å². The van der Waals surface area contributed by atoms with Gasteiger partial charge in [0.05, 0.1) is 7.11 Å². The van der Waals surface area contributed by atoms with E-state index in [2.05, 4.69) is 0 Å². The zero-order valence-electron chi connectivity index (χ0n) is 9.01. The molecule has 0 amide bonds. The maximum Gasteiger partial charge on any atom is 0.204 e. The summed E-state index contributed by atoms with van der Waals surface area (Å²) < 4.78 is 4.99. The normalized spacial score (nSPS) is 9.81. The summed E-state index contributed by atoms with van der Waals surface area (Å²) in [5.74, 6) is 0.515. The van der Waals surface area contributed by atoms with E-state index in [9.17, 15) is 14.9 Å². The highest BCUT2D eigenvalue weighted by atomic mass is 16.6. The average Bonchev–Trinajstić information content (AvgIpc) is 2.28. The summed E-state index contributed by atoms with van der Waals surface area (Å²) in [7, 11) is 1.52. The Morgan fingerprint density at radius 2 is 2.25 bits per heavy atom. The minimum absolute atomic E-state index is 0.0965. The van der Waals surface area contributed by atoms with E-state index in [-0.39, 0.29) is 25.2 Å². The van der Waals surface area contributed by atoms with Gasteiger partial charge in [-0.15, -0.1) is 0 Å². The summed E-state index contributed by atoms with van der Waals surface area (Å²) in [6.07, 6.45) is 0.456. The third-order valence-electron chi connectivity index (χ3n) is 2.14. The van der Waals surface area contributed by atoms with E-state index >= 15 is 0 Å². The third-order valence-corrected chi connectivity index (χ3v) is 2.14. The zero-order valence-corrected chi connectivity index (χ0v) is 9.01. The van der Waals surface area contributed by atoms with Crippen LogP contribution in [-0.2, 0) is 0 Å². The maximum atomic E-state index is 11.6. The summed E-state index contributed by atoms with van der Waals surface area (Å²) >= 11 is 0. The van der Waals surface area contributed by atoms with Crippen LogP contribution in [0.3, 0.4) is 0 Å². The molecule has 5 heteroatoms. The number of hydrogen-bond acceptors (Lipinski definition) is 4. The lowest BCUT2D eigenvalue weighted by Crippen LogP contribution is -2.05. The smallest absolute Gasteiger partial charge is 0.204 e. The number of carbonyl (C=O) groups excluding carboxylic acids is 1. The molecule has 0 heterocycles. The molecule has 0 fully saturated rings. The van der Waals surface area contributed by atoms with Crippen LogP contribution < -0.4 is 4.74 Å². The van der Waals surface area contributed by atoms with Crippen LogP contribution in [0.2, 0.25) is 0 Å². The van der Waals surface area contributed by atoms with Crippen molar-refractivity contribution >= 4 is 5.78 Å². The number of nitro groups is 1. The highest BCUT2D eigenvalue weighted by Gasteiger charge is 2.08. The van der Waals surface area contributed by atoms with Gasteiger partial charge in [-0.05, 0) is 12.1 Å². The van der Waals surface area contributed by atoms with Gasteiger partial charge in [0.25, 0.3) is 0 Å². The molecular formula is C11H13NO4. The number of rotatable bonds is 6. The number of hydrogen-bond donors (Lipinski definition) is 0. The van der Waals surface area contributed by atoms with E-state index in [1.807, 2.05) is 0 Å². The molecule has 0 aliphatic heterocycles. The molecule has 5 nitrogen and oxygen atoms in total. The van der Waals surface area contributed by atoms with Crippen LogP contribution in [0.25, 0.3) is 0 Å². The van der Waals surface area contributed by atoms with Gasteiger partial charge in [-0.3, -0.25) is 14.9 Å². The first-order chi connectivity index (χ1) is 7.63. The monoisotopic (exact) mass is 223 g/mol. The van der Waals surface area contributed by atoms with Crippen molar-refractivity contribution in [2.24, 2.45) is 0 Å². The Labute approximate surface area is 93.2 Å². The van der Waals surface area contributed by atoms with Crippen molar-refractivity contribution in [1.82, 2.24) is 0 Å². The molecule has 0 aliphatic rings. The van der Waals surface area contributed by atoms with Crippen molar-refractivity contribution < 1.29 is 14.5 Å². The van der Waals surface area contributed by atoms with Gasteiger partial charge in [0, 0.05) is 23.3 Å². The van der Waals surface area contributed by atoms with Gasteiger partial charge in [-0.25, -0.2) is 0 Å². The Hall–Kier alpha value is -1.91. The maximum absolute atomic E-state index is 11.6. The Morgan fingerprint density at radius 1 is 1.50 bits per heavy atom. The molecule has 1 aromatic rings. The Morgan fingerprint density at radius 3 is 2.88 bits per heavy atom. The summed E-state index contributed by atoms with van der Waals surface area (Å²) in [6.45, 7) is -0.171. The molecule has 0 atom stereocenters. The van der Waals surface area contributed by atoms with Crippen LogP contribution in [-0.4, -0.2) is 24.4 Å². The van der Waals surface area contributed by atoms with Crippen LogP contribution in [0.5, 0.6) is 5.75 Å². The molecule has 16 heavy (non-hydrogen) atoms. The second-order valence-electron chi connectivity index (χ2n) is 3.32. The number of ketones is 1. The molecule has 0 unspecified atom stereocenters. The van der Waals surface area contributed by atoms with Crippen LogP contribution in [0.15, 0.2) is 24.3 Å². The lowest BCUT2D eigenvalue weighted by atomic mass is 10.1. The average molecular weight is 223 g/mol. The molecule has 0 spiro atoms. The molecule has 0 radical (unpaired) electrons. The number of nitrogens with zero attached hydrogens (tertiary/aromatic N) is 1. The van der Waals surface area contributed by atoms with Crippen molar-refractivity contribution in [1.29, 1.82) is 0 Å². The SMILES string of the molecule is COc1cccc(C(=O)CCC[N+](=O)[O-])c1. The summed E-state index contributed by atoms with van der Waals surface area (Å²) in [5, 5.41) is 10.1. The zero-order chi connectivity index (χ0) is 12.0. The molecule has 1 rings (SSSR count). The topological polar surface area (TPSA) is 69.4 Å². The van der Waals surface area contributed by atoms with Crippen LogP contribution >= 0.6 is 0 Å². The first-order valence-corrected chi connectivity index (χ1v) is 4.92. The summed E-state index contributed by atoms with van der Waals surface area (Å²) in [6, 6.07) is 6.78. The van der Waals surface area contributed by atoms with Crippen molar-refractivity contribution in [2.45, 2.75) is 12.8 Å². The van der Waals surface area contributed by atoms with E-state index in [1.54, 1.807) is 24.3 Å². The molecular weight excluding hydrogens is 210 g/mol. The lowest BCUT2D eigenvalue weighted by molar-refractivity contribution is -0.480. The van der Waals surface area contributed by atoms with Crippen molar-refractivity contribution in [2.75, 3.05) is 13.7 Å². The van der Waals surface area contributed by atoms with Crippen LogP contribution in [0, 0.1) is 10.1 Å². The standard InChI is InChI=1S/C11H13NO4/c1-16-10-5-2-4-9(8-10)11(13)6-3-7-12(14)15/h2,4-5,8H,3,6-7H2,1H3. The summed E-state index contributed by atoms with van der Waals surface area (Å²) in [5.41, 5.74) is 0.530. The van der Waals surface area contributed by atoms with E-state index in [0.717, 1.165) is 0 Å². The minimum Gasteiger partial charge on any atom is -0.497 e. The first kappa shape index (κ1) is 12.2. The Kier molecular flexibility index (Phi) is 4.44. The number of ether oxygens (including phenoxy) is 1. The second-order valence-corrected chi connectivity index (χ2v) is 3.32. The largest absolute Gasteiger partial charge is 0.497 e. The highest BCUT2D eigenvalue weighted by Crippen LogP contribution is 2.14. The quantitative estimate of drug-likeness (QED) is 0.419. The number of methoxy groups -OCH3 is 1. The molecule has 1 aromatic carbocycles. The molecule has 0 saturated heterocycles. The van der Waals surface area contributed by atoms with Gasteiger partial charge >= 0.3 is 0 Å². The Balaban J connectivity index is 2.55. The molecule has 0 N–H and O–H groups in total. The summed E-state index contributed by atoms with van der Waals surface area (Å²) in [4.78, 5) is 21.3. The molecule has 0 aliphatic carbocycles. The predicted molar refractivity (Wildman–Crippen MR) is 58.4 cm³/mol. The van der Waals surface area contributed by atoms with E-state index < -0.39 is 4.92 Å². The van der Waals surface area contributed by atoms with E-state index in [4.69, 9.17) is 4.74 Å². The van der Waals surface area contributed by atoms with Gasteiger partial charge in [0.2, 0.25) is 6.54 Å². The van der Waals surface area contributed by atoms with Gasteiger partial charge in [-0.2, -0.15) is 0 Å². The first-order valence-electron chi connectivity index (χ1n) is 4.92. The van der Waals surface area contributed by atoms with Gasteiger partial charge in [0.1, 0.15) is 5.75 Å². The fourth-order valence-electron chi connectivity index (χ4n) is 1.31. The molecule has 0 bridgehead atoms. The molecule has 0 aromatic heterocycles. The van der Waals surface area contributed by atoms with Crippen LogP contribution in [0.1, 0.15) is 23.2 Å². The van der Waals surface area contributed by atoms with Crippen molar-refractivity contribution in [3.8, 4) is 5.75 Å². The predicted octanol–water partition coefficient (Wildman–Crippen LogP) is 1.93. The van der Waals surface area contributed by atoms with Crippen molar-refractivity contribution in [3.63, 3.8) is 0 Å². The lowest BCUT2D eigenvalue weighted by Gasteiger charge is -2.02. The molecule has 86 valence electrons. The van der Waals surface area contributed by atoms with Crippen molar-refractivity contribution in [3.05, 3.63) is 39.9 Å². The fraction of sp³-hybridized carbons (Fsp3) is 0.364. The van der Waals surface area contributed by atoms with E-state index in [0.29, 0.717) is 11.3 Å². The van der Waals surface area contributed by atoms with E-state index in [1.165, 1.54) is 7.11 Å². The number of carbonyl (C=O) groups is 1. The number of benzene rings is 1. The van der Waals surface area contributed by atoms with Gasteiger partial charge in [0.15, 0.2) is 5.78 Å². The fourth-order valence-corrected chi connectivity index (χ4v) is 1.31. The minimum atomic E-state index is -0.418.